The monoisotopic (exact) mass is 181 g/mol. The topological polar surface area (TPSA) is 23.8 Å². The van der Waals surface area contributed by atoms with Gasteiger partial charge in [0.15, 0.2) is 0 Å². The zero-order valence-corrected chi connectivity index (χ0v) is 11.4. The maximum absolute atomic E-state index is 7.41. The maximum atomic E-state index is 7.41. The Morgan fingerprint density at radius 2 is 1.27 bits per heavy atom. The molecule has 1 N–H and O–H groups in total. The minimum absolute atomic E-state index is 0. The Bertz CT molecular complexity index is 58.6. The average molecular weight is 181 g/mol. The second-order valence-electron chi connectivity index (χ2n) is 2.69. The Hall–Kier alpha value is 1.60. The fourth-order valence-corrected chi connectivity index (χ4v) is 1.28. The van der Waals surface area contributed by atoms with E-state index in [1.807, 2.05) is 13.8 Å². The van der Waals surface area contributed by atoms with Gasteiger partial charge in [-0.05, 0) is 0 Å². The van der Waals surface area contributed by atoms with E-state index in [2.05, 4.69) is 0 Å². The fraction of sp³-hybridized carbons (Fsp3) is 1.00. The van der Waals surface area contributed by atoms with Gasteiger partial charge in [-0.15, -0.1) is 6.04 Å². The molecule has 0 aromatic rings. The summed E-state index contributed by atoms with van der Waals surface area (Å²) in [6, 6.07) is 0.275. The predicted molar refractivity (Wildman–Crippen MR) is 47.2 cm³/mol. The van der Waals surface area contributed by atoms with Crippen LogP contribution in [-0.4, -0.2) is 6.04 Å². The van der Waals surface area contributed by atoms with E-state index < -0.39 is 0 Å². The van der Waals surface area contributed by atoms with Gasteiger partial charge in [-0.2, -0.15) is 0 Å². The molecule has 62 valence electrons. The molecule has 1 aliphatic carbocycles. The molecule has 0 aliphatic heterocycles. The molecular weight excluding hydrogens is 161 g/mol. The zero-order valence-electron chi connectivity index (χ0n) is 8.32. The van der Waals surface area contributed by atoms with Crippen molar-refractivity contribution in [2.45, 2.75) is 58.4 Å². The summed E-state index contributed by atoms with van der Waals surface area (Å²) >= 11 is 0. The zero-order chi connectivity index (χ0) is 7.82. The molecule has 1 aliphatic rings. The first-order chi connectivity index (χ1) is 4.89. The Morgan fingerprint density at radius 3 is 1.64 bits per heavy atom. The molecule has 1 nitrogen and oxygen atoms in total. The van der Waals surface area contributed by atoms with Gasteiger partial charge in [0.2, 0.25) is 0 Å². The van der Waals surface area contributed by atoms with Crippen LogP contribution in [0.4, 0.5) is 0 Å². The molecule has 0 spiro atoms. The van der Waals surface area contributed by atoms with Gasteiger partial charge in [0.05, 0.1) is 0 Å². The summed E-state index contributed by atoms with van der Waals surface area (Å²) in [4.78, 5) is 0. The number of hydrogen-bond donors (Lipinski definition) is 0. The van der Waals surface area contributed by atoms with Crippen molar-refractivity contribution in [1.82, 2.24) is 0 Å². The number of nitrogens with one attached hydrogen (secondary N) is 1. The maximum Gasteiger partial charge on any atom is 1.00 e. The SMILES string of the molecule is CC.[K+].[NH-]C1CCCCCC1. The molecule has 0 atom stereocenters. The van der Waals surface area contributed by atoms with Gasteiger partial charge < -0.3 is 5.73 Å². The molecule has 0 radical (unpaired) electrons. The molecule has 0 heterocycles. The van der Waals surface area contributed by atoms with Crippen LogP contribution < -0.4 is 51.4 Å². The molecule has 0 aromatic carbocycles. The van der Waals surface area contributed by atoms with Crippen LogP contribution in [0, 0.1) is 0 Å². The van der Waals surface area contributed by atoms with Crippen molar-refractivity contribution in [3.8, 4) is 0 Å². The van der Waals surface area contributed by atoms with E-state index in [1.165, 1.54) is 25.7 Å². The van der Waals surface area contributed by atoms with Crippen LogP contribution in [0.15, 0.2) is 0 Å². The van der Waals surface area contributed by atoms with Gasteiger partial charge in [0, 0.05) is 0 Å². The largest absolute Gasteiger partial charge is 1.00 e. The van der Waals surface area contributed by atoms with Gasteiger partial charge in [0.25, 0.3) is 0 Å². The van der Waals surface area contributed by atoms with Crippen molar-refractivity contribution in [2.75, 3.05) is 0 Å². The normalized spacial score (nSPS) is 18.8. The van der Waals surface area contributed by atoms with Crippen molar-refractivity contribution in [3.63, 3.8) is 0 Å². The Kier molecular flexibility index (Phi) is 15.9. The molecule has 0 unspecified atom stereocenters. The summed E-state index contributed by atoms with van der Waals surface area (Å²) in [7, 11) is 0. The minimum atomic E-state index is 0. The van der Waals surface area contributed by atoms with E-state index in [0.717, 1.165) is 12.8 Å². The Balaban J connectivity index is 0. The minimum Gasteiger partial charge on any atom is -0.675 e. The molecular formula is C9H20KN. The molecule has 1 saturated carbocycles. The first-order valence-corrected chi connectivity index (χ1v) is 4.61. The summed E-state index contributed by atoms with van der Waals surface area (Å²) in [5.41, 5.74) is 7.41. The van der Waals surface area contributed by atoms with Gasteiger partial charge in [0.1, 0.15) is 0 Å². The standard InChI is InChI=1S/C7H14N.C2H6.K/c8-7-5-3-1-2-4-6-7;1-2;/h7-8H,1-6H2;1-2H3;/q-1;;+1. The Labute approximate surface area is 114 Å². The van der Waals surface area contributed by atoms with Gasteiger partial charge in [-0.3, -0.25) is 0 Å². The van der Waals surface area contributed by atoms with Crippen LogP contribution in [0.25, 0.3) is 5.73 Å². The van der Waals surface area contributed by atoms with E-state index in [-0.39, 0.29) is 57.4 Å². The van der Waals surface area contributed by atoms with Gasteiger partial charge in [-0.1, -0.05) is 52.4 Å². The second kappa shape index (κ2) is 11.6. The number of hydrogen-bond acceptors (Lipinski definition) is 0. The van der Waals surface area contributed by atoms with E-state index in [1.54, 1.807) is 0 Å². The van der Waals surface area contributed by atoms with E-state index in [9.17, 15) is 0 Å². The molecule has 0 amide bonds. The van der Waals surface area contributed by atoms with Crippen LogP contribution in [0.1, 0.15) is 52.4 Å². The van der Waals surface area contributed by atoms with Crippen LogP contribution in [0.2, 0.25) is 0 Å². The van der Waals surface area contributed by atoms with E-state index in [4.69, 9.17) is 5.73 Å². The first-order valence-electron chi connectivity index (χ1n) is 4.61. The van der Waals surface area contributed by atoms with E-state index in [0.29, 0.717) is 0 Å². The second-order valence-corrected chi connectivity index (χ2v) is 2.69. The van der Waals surface area contributed by atoms with Crippen molar-refractivity contribution in [3.05, 3.63) is 5.73 Å². The summed E-state index contributed by atoms with van der Waals surface area (Å²) in [6.07, 6.45) is 7.65. The molecule has 1 rings (SSSR count). The van der Waals surface area contributed by atoms with Crippen molar-refractivity contribution in [2.24, 2.45) is 0 Å². The third kappa shape index (κ3) is 9.51. The molecule has 2 heteroatoms. The van der Waals surface area contributed by atoms with Gasteiger partial charge >= 0.3 is 51.4 Å². The molecule has 11 heavy (non-hydrogen) atoms. The summed E-state index contributed by atoms with van der Waals surface area (Å²) in [5.74, 6) is 0. The molecule has 0 saturated heterocycles. The van der Waals surface area contributed by atoms with Crippen molar-refractivity contribution < 1.29 is 51.4 Å². The van der Waals surface area contributed by atoms with Crippen LogP contribution >= 0.6 is 0 Å². The summed E-state index contributed by atoms with van der Waals surface area (Å²) in [6.45, 7) is 4.00. The summed E-state index contributed by atoms with van der Waals surface area (Å²) in [5, 5.41) is 0. The third-order valence-corrected chi connectivity index (χ3v) is 1.86. The Morgan fingerprint density at radius 1 is 0.909 bits per heavy atom. The molecule has 1 fully saturated rings. The van der Waals surface area contributed by atoms with E-state index >= 15 is 0 Å². The molecule has 0 bridgehead atoms. The van der Waals surface area contributed by atoms with Crippen molar-refractivity contribution in [1.29, 1.82) is 0 Å². The quantitative estimate of drug-likeness (QED) is 0.390. The van der Waals surface area contributed by atoms with Crippen LogP contribution in [0.5, 0.6) is 0 Å². The number of rotatable bonds is 0. The average Bonchev–Trinajstić information content (AvgIpc) is 2.21. The van der Waals surface area contributed by atoms with Gasteiger partial charge in [-0.25, -0.2) is 0 Å². The molecule has 0 aromatic heterocycles. The summed E-state index contributed by atoms with van der Waals surface area (Å²) < 4.78 is 0. The predicted octanol–water partition coefficient (Wildman–Crippen LogP) is 0.792. The third-order valence-electron chi connectivity index (χ3n) is 1.86. The first kappa shape index (κ1) is 15.1. The smallest absolute Gasteiger partial charge is 0.675 e. The fourth-order valence-electron chi connectivity index (χ4n) is 1.28. The van der Waals surface area contributed by atoms with Crippen LogP contribution in [0.3, 0.4) is 0 Å². The van der Waals surface area contributed by atoms with Crippen LogP contribution in [-0.2, 0) is 0 Å². The van der Waals surface area contributed by atoms with Crippen molar-refractivity contribution >= 4 is 0 Å².